The zero-order chi connectivity index (χ0) is 23.9. The lowest BCUT2D eigenvalue weighted by atomic mass is 9.96. The van der Waals surface area contributed by atoms with Gasteiger partial charge in [0.1, 0.15) is 6.04 Å². The molecule has 1 atom stereocenters. The van der Waals surface area contributed by atoms with Crippen LogP contribution in [0.5, 0.6) is 0 Å². The molecule has 0 spiro atoms. The number of hydrogen-bond donors (Lipinski definition) is 3. The van der Waals surface area contributed by atoms with Crippen molar-refractivity contribution in [2.24, 2.45) is 4.99 Å². The minimum Gasteiger partial charge on any atom is -0.338 e. The van der Waals surface area contributed by atoms with Crippen LogP contribution in [-0.4, -0.2) is 22.7 Å². The number of allylic oxidation sites excluding steroid dienone is 1. The van der Waals surface area contributed by atoms with Crippen LogP contribution in [0.4, 0.5) is 11.4 Å². The van der Waals surface area contributed by atoms with Crippen LogP contribution < -0.4 is 16.0 Å². The summed E-state index contributed by atoms with van der Waals surface area (Å²) in [6, 6.07) is 25.4. The summed E-state index contributed by atoms with van der Waals surface area (Å²) in [5, 5.41) is 10.2. The van der Waals surface area contributed by atoms with Gasteiger partial charge in [-0.05, 0) is 48.9 Å². The normalized spacial score (nSPS) is 15.2. The van der Waals surface area contributed by atoms with Crippen LogP contribution in [0, 0.1) is 0 Å². The third-order valence-electron chi connectivity index (χ3n) is 5.08. The number of benzene rings is 3. The molecule has 0 saturated carbocycles. The number of carbonyl (C=O) groups excluding carboxylic acids is 2. The Morgan fingerprint density at radius 3 is 2.21 bits per heavy atom. The summed E-state index contributed by atoms with van der Waals surface area (Å²) in [6.45, 7) is 1.85. The Kier molecular flexibility index (Phi) is 7.67. The van der Waals surface area contributed by atoms with Crippen LogP contribution in [0.25, 0.3) is 0 Å². The lowest BCUT2D eigenvalue weighted by Gasteiger charge is -2.26. The highest BCUT2D eigenvalue weighted by molar-refractivity contribution is 8.14. The molecule has 3 aromatic carbocycles. The Balaban J connectivity index is 1.50. The molecule has 1 aliphatic heterocycles. The molecule has 4 rings (SSSR count). The molecule has 0 aliphatic carbocycles. The van der Waals surface area contributed by atoms with Gasteiger partial charge in [-0.15, -0.1) is 0 Å². The van der Waals surface area contributed by atoms with E-state index in [4.69, 9.17) is 16.6 Å². The van der Waals surface area contributed by atoms with Crippen LogP contribution in [0.1, 0.15) is 18.5 Å². The highest BCUT2D eigenvalue weighted by Crippen LogP contribution is 2.33. The van der Waals surface area contributed by atoms with Crippen molar-refractivity contribution in [3.63, 3.8) is 0 Å². The van der Waals surface area contributed by atoms with Crippen LogP contribution in [-0.2, 0) is 9.59 Å². The lowest BCUT2D eigenvalue weighted by molar-refractivity contribution is -0.114. The number of aliphatic imine (C=N–C) groups is 1. The van der Waals surface area contributed by atoms with Crippen molar-refractivity contribution in [2.45, 2.75) is 13.0 Å². The zero-order valence-electron chi connectivity index (χ0n) is 18.4. The van der Waals surface area contributed by atoms with Gasteiger partial charge < -0.3 is 16.0 Å². The topological polar surface area (TPSA) is 82.6 Å². The molecule has 6 nitrogen and oxygen atoms in total. The van der Waals surface area contributed by atoms with E-state index >= 15 is 0 Å². The SMILES string of the molecule is CC1=C(C(=O)Nc2ccccc2)[C@H](c2ccccc2)N=C(SCC(=O)Nc2ccc(Cl)cc2)N1. The van der Waals surface area contributed by atoms with Gasteiger partial charge in [-0.3, -0.25) is 9.59 Å². The largest absolute Gasteiger partial charge is 0.338 e. The van der Waals surface area contributed by atoms with Crippen molar-refractivity contribution >= 4 is 51.7 Å². The van der Waals surface area contributed by atoms with Gasteiger partial charge in [-0.2, -0.15) is 0 Å². The summed E-state index contributed by atoms with van der Waals surface area (Å²) in [5.41, 5.74) is 3.50. The molecule has 1 heterocycles. The van der Waals surface area contributed by atoms with Crippen molar-refractivity contribution < 1.29 is 9.59 Å². The summed E-state index contributed by atoms with van der Waals surface area (Å²) < 4.78 is 0. The number of anilines is 2. The molecule has 8 heteroatoms. The van der Waals surface area contributed by atoms with E-state index < -0.39 is 6.04 Å². The van der Waals surface area contributed by atoms with E-state index in [1.807, 2.05) is 67.6 Å². The monoisotopic (exact) mass is 490 g/mol. The van der Waals surface area contributed by atoms with Gasteiger partial charge in [0, 0.05) is 22.1 Å². The maximum Gasteiger partial charge on any atom is 0.255 e. The first-order valence-corrected chi connectivity index (χ1v) is 12.0. The van der Waals surface area contributed by atoms with Gasteiger partial charge in [-0.1, -0.05) is 71.9 Å². The first-order chi connectivity index (χ1) is 16.5. The highest BCUT2D eigenvalue weighted by Gasteiger charge is 2.29. The maximum atomic E-state index is 13.2. The van der Waals surface area contributed by atoms with E-state index in [0.29, 0.717) is 32.8 Å². The molecule has 3 N–H and O–H groups in total. The maximum absolute atomic E-state index is 13.2. The summed E-state index contributed by atoms with van der Waals surface area (Å²) >= 11 is 7.18. The second kappa shape index (κ2) is 11.0. The minimum atomic E-state index is -0.493. The van der Waals surface area contributed by atoms with Gasteiger partial charge in [0.25, 0.3) is 5.91 Å². The fourth-order valence-electron chi connectivity index (χ4n) is 3.48. The molecule has 0 aromatic heterocycles. The average molecular weight is 491 g/mol. The fraction of sp³-hybridized carbons (Fsp3) is 0.115. The number of carbonyl (C=O) groups is 2. The van der Waals surface area contributed by atoms with E-state index in [1.165, 1.54) is 11.8 Å². The van der Waals surface area contributed by atoms with E-state index in [-0.39, 0.29) is 17.6 Å². The fourth-order valence-corrected chi connectivity index (χ4v) is 4.35. The number of amides is 2. The summed E-state index contributed by atoms with van der Waals surface area (Å²) in [7, 11) is 0. The molecule has 2 amide bonds. The number of amidine groups is 1. The summed E-state index contributed by atoms with van der Waals surface area (Å²) in [5.74, 6) is -0.227. The van der Waals surface area contributed by atoms with Crippen molar-refractivity contribution in [1.82, 2.24) is 5.32 Å². The number of hydrogen-bond acceptors (Lipinski definition) is 5. The Morgan fingerprint density at radius 1 is 0.912 bits per heavy atom. The molecule has 0 bridgehead atoms. The molecule has 0 unspecified atom stereocenters. The van der Waals surface area contributed by atoms with Crippen molar-refractivity contribution in [3.8, 4) is 0 Å². The van der Waals surface area contributed by atoms with Gasteiger partial charge in [0.2, 0.25) is 5.91 Å². The van der Waals surface area contributed by atoms with Crippen LogP contribution in [0.3, 0.4) is 0 Å². The minimum absolute atomic E-state index is 0.162. The van der Waals surface area contributed by atoms with Crippen molar-refractivity contribution in [2.75, 3.05) is 16.4 Å². The number of thioether (sulfide) groups is 1. The molecule has 172 valence electrons. The second-order valence-corrected chi connectivity index (χ2v) is 8.98. The van der Waals surface area contributed by atoms with Crippen LogP contribution in [0.15, 0.2) is 101 Å². The van der Waals surface area contributed by atoms with E-state index in [2.05, 4.69) is 16.0 Å². The quantitative estimate of drug-likeness (QED) is 0.418. The molecule has 34 heavy (non-hydrogen) atoms. The molecule has 1 aliphatic rings. The summed E-state index contributed by atoms with van der Waals surface area (Å²) in [6.07, 6.45) is 0. The number of rotatable bonds is 6. The average Bonchev–Trinajstić information content (AvgIpc) is 2.85. The first-order valence-electron chi connectivity index (χ1n) is 10.6. The second-order valence-electron chi connectivity index (χ2n) is 7.58. The van der Waals surface area contributed by atoms with E-state index in [9.17, 15) is 9.59 Å². The van der Waals surface area contributed by atoms with Crippen molar-refractivity contribution in [1.29, 1.82) is 0 Å². The summed E-state index contributed by atoms with van der Waals surface area (Å²) in [4.78, 5) is 30.4. The van der Waals surface area contributed by atoms with Gasteiger partial charge >= 0.3 is 0 Å². The number of nitrogens with zero attached hydrogens (tertiary/aromatic N) is 1. The van der Waals surface area contributed by atoms with Gasteiger partial charge in [0.05, 0.1) is 11.3 Å². The predicted molar refractivity (Wildman–Crippen MR) is 140 cm³/mol. The van der Waals surface area contributed by atoms with Gasteiger partial charge in [0.15, 0.2) is 5.17 Å². The Hall–Kier alpha value is -3.55. The smallest absolute Gasteiger partial charge is 0.255 e. The molecule has 3 aromatic rings. The third-order valence-corrected chi connectivity index (χ3v) is 6.22. The molecule has 0 fully saturated rings. The number of nitrogens with one attached hydrogen (secondary N) is 3. The van der Waals surface area contributed by atoms with E-state index in [1.54, 1.807) is 24.3 Å². The standard InChI is InChI=1S/C26H23ClN4O2S/c1-17-23(25(33)30-20-10-6-3-7-11-20)24(18-8-4-2-5-9-18)31-26(28-17)34-16-22(32)29-21-14-12-19(27)13-15-21/h2-15,24H,16H2,1H3,(H,28,31)(H,29,32)(H,30,33)/t24-/m0/s1. The van der Waals surface area contributed by atoms with Crippen LogP contribution in [0.2, 0.25) is 5.02 Å². The van der Waals surface area contributed by atoms with Crippen molar-refractivity contribution in [3.05, 3.63) is 107 Å². The molecular weight excluding hydrogens is 468 g/mol. The van der Waals surface area contributed by atoms with Gasteiger partial charge in [-0.25, -0.2) is 4.99 Å². The third kappa shape index (κ3) is 6.07. The number of para-hydroxylation sites is 1. The lowest BCUT2D eigenvalue weighted by Crippen LogP contribution is -2.32. The Morgan fingerprint density at radius 2 is 1.53 bits per heavy atom. The predicted octanol–water partition coefficient (Wildman–Crippen LogP) is 5.62. The first kappa shape index (κ1) is 23.6. The zero-order valence-corrected chi connectivity index (χ0v) is 20.0. The molecule has 0 radical (unpaired) electrons. The van der Waals surface area contributed by atoms with Crippen LogP contribution >= 0.6 is 23.4 Å². The molecular formula is C26H23ClN4O2S. The van der Waals surface area contributed by atoms with E-state index in [0.717, 1.165) is 5.56 Å². The molecule has 0 saturated heterocycles. The Labute approximate surface area is 207 Å². The Bertz CT molecular complexity index is 1230. The highest BCUT2D eigenvalue weighted by atomic mass is 35.5. The number of halogens is 1.